The van der Waals surface area contributed by atoms with Crippen LogP contribution in [-0.2, 0) is 0 Å². The van der Waals surface area contributed by atoms with Crippen molar-refractivity contribution in [3.05, 3.63) is 119 Å². The number of nitriles is 2. The van der Waals surface area contributed by atoms with Gasteiger partial charge in [-0.2, -0.15) is 10.5 Å². The largest absolute Gasteiger partial charge is 0.383 e. The van der Waals surface area contributed by atoms with E-state index in [9.17, 15) is 14.9 Å². The minimum Gasteiger partial charge on any atom is -0.383 e. The number of hydrogen-bond acceptors (Lipinski definition) is 4. The highest BCUT2D eigenvalue weighted by Gasteiger charge is 2.34. The van der Waals surface area contributed by atoms with Crippen molar-refractivity contribution in [2.45, 2.75) is 12.3 Å². The van der Waals surface area contributed by atoms with Crippen LogP contribution in [-0.4, -0.2) is 4.98 Å². The molecule has 0 aliphatic heterocycles. The number of allylic oxidation sites excluding steroid dienone is 2. The minimum absolute atomic E-state index is 0.0834. The molecule has 0 radical (unpaired) electrons. The molecule has 5 rings (SSSR count). The van der Waals surface area contributed by atoms with E-state index in [0.717, 1.165) is 27.8 Å². The van der Waals surface area contributed by atoms with Gasteiger partial charge in [0.15, 0.2) is 0 Å². The van der Waals surface area contributed by atoms with Crippen LogP contribution in [0.5, 0.6) is 0 Å². The number of aromatic nitrogens is 1. The smallest absolute Gasteiger partial charge is 0.142 e. The molecule has 5 heteroatoms. The lowest BCUT2D eigenvalue weighted by Crippen LogP contribution is -2.17. The van der Waals surface area contributed by atoms with E-state index in [1.807, 2.05) is 60.7 Å². The van der Waals surface area contributed by atoms with Crippen molar-refractivity contribution in [1.82, 2.24) is 4.98 Å². The zero-order valence-electron chi connectivity index (χ0n) is 18.2. The van der Waals surface area contributed by atoms with E-state index < -0.39 is 0 Å². The van der Waals surface area contributed by atoms with Crippen LogP contribution in [0.15, 0.2) is 84.9 Å². The number of hydrogen-bond donors (Lipinski definition) is 1. The molecular weight excluding hydrogens is 423 g/mol. The number of rotatable bonds is 3. The molecule has 0 bridgehead atoms. The lowest BCUT2D eigenvalue weighted by Gasteiger charge is -2.31. The van der Waals surface area contributed by atoms with Gasteiger partial charge in [-0.3, -0.25) is 0 Å². The predicted octanol–water partition coefficient (Wildman–Crippen LogP) is 6.31. The zero-order chi connectivity index (χ0) is 23.7. The molecule has 0 saturated carbocycles. The molecule has 1 aromatic heterocycles. The Balaban J connectivity index is 1.90. The first-order valence-corrected chi connectivity index (χ1v) is 10.9. The van der Waals surface area contributed by atoms with E-state index in [0.29, 0.717) is 23.3 Å². The number of pyridine rings is 1. The van der Waals surface area contributed by atoms with Gasteiger partial charge in [-0.05, 0) is 46.4 Å². The molecule has 1 heterocycles. The lowest BCUT2D eigenvalue weighted by molar-refractivity contribution is 0.626. The van der Waals surface area contributed by atoms with Crippen molar-refractivity contribution in [3.63, 3.8) is 0 Å². The number of benzene rings is 3. The van der Waals surface area contributed by atoms with E-state index in [2.05, 4.69) is 17.1 Å². The molecule has 1 atom stereocenters. The summed E-state index contributed by atoms with van der Waals surface area (Å²) in [5.74, 6) is -0.494. The van der Waals surface area contributed by atoms with E-state index in [1.54, 1.807) is 12.1 Å². The lowest BCUT2D eigenvalue weighted by atomic mass is 9.73. The van der Waals surface area contributed by atoms with Crippen LogP contribution in [0.2, 0.25) is 0 Å². The van der Waals surface area contributed by atoms with Crippen molar-refractivity contribution < 1.29 is 4.39 Å². The van der Waals surface area contributed by atoms with Crippen molar-refractivity contribution >= 4 is 17.0 Å². The van der Waals surface area contributed by atoms with Crippen LogP contribution in [0, 0.1) is 28.5 Å². The van der Waals surface area contributed by atoms with Crippen LogP contribution in [0.3, 0.4) is 0 Å². The number of anilines is 1. The van der Waals surface area contributed by atoms with Crippen molar-refractivity contribution in [1.29, 1.82) is 10.5 Å². The molecule has 4 aromatic rings. The molecule has 2 N–H and O–H groups in total. The molecule has 34 heavy (non-hydrogen) atoms. The van der Waals surface area contributed by atoms with Gasteiger partial charge in [0.2, 0.25) is 0 Å². The summed E-state index contributed by atoms with van der Waals surface area (Å²) in [6, 6.07) is 30.2. The molecule has 1 aliphatic rings. The highest BCUT2D eigenvalue weighted by atomic mass is 19.1. The average Bonchev–Trinajstić information content (AvgIpc) is 2.88. The van der Waals surface area contributed by atoms with Gasteiger partial charge in [-0.15, -0.1) is 0 Å². The molecule has 0 spiro atoms. The quantitative estimate of drug-likeness (QED) is 0.403. The minimum atomic E-state index is -0.326. The second-order valence-electron chi connectivity index (χ2n) is 8.13. The molecule has 3 aromatic carbocycles. The van der Waals surface area contributed by atoms with Gasteiger partial charge >= 0.3 is 0 Å². The maximum Gasteiger partial charge on any atom is 0.142 e. The van der Waals surface area contributed by atoms with Gasteiger partial charge in [0, 0.05) is 11.5 Å². The predicted molar refractivity (Wildman–Crippen MR) is 131 cm³/mol. The topological polar surface area (TPSA) is 86.5 Å². The summed E-state index contributed by atoms with van der Waals surface area (Å²) < 4.78 is 13.8. The van der Waals surface area contributed by atoms with Crippen LogP contribution in [0.25, 0.3) is 22.3 Å². The summed E-state index contributed by atoms with van der Waals surface area (Å²) >= 11 is 0. The van der Waals surface area contributed by atoms with E-state index in [4.69, 9.17) is 5.73 Å². The number of halogens is 1. The van der Waals surface area contributed by atoms with Gasteiger partial charge in [-0.1, -0.05) is 72.8 Å². The first-order chi connectivity index (χ1) is 16.6. The van der Waals surface area contributed by atoms with Crippen molar-refractivity contribution in [3.8, 4) is 23.3 Å². The van der Waals surface area contributed by atoms with Gasteiger partial charge in [0.1, 0.15) is 29.3 Å². The number of nitrogen functional groups attached to an aromatic ring is 1. The van der Waals surface area contributed by atoms with Gasteiger partial charge in [0.25, 0.3) is 0 Å². The molecule has 0 fully saturated rings. The first-order valence-electron chi connectivity index (χ1n) is 10.9. The standard InChI is InChI=1S/C29H19FN4/c30-21-13-11-19(12-14-21)23-15-22(18-7-3-1-4-8-18)24(16-31)28-27(23)26(20-9-5-2-6-10-20)25(17-32)29(33)34-28/h1-14,23H,15H2,(H2,33,34). The van der Waals surface area contributed by atoms with Crippen LogP contribution in [0.4, 0.5) is 10.2 Å². The van der Waals surface area contributed by atoms with Gasteiger partial charge < -0.3 is 5.73 Å². The first kappa shape index (κ1) is 21.1. The number of nitrogens with two attached hydrogens (primary N) is 1. The average molecular weight is 442 g/mol. The Bertz CT molecular complexity index is 1490. The SMILES string of the molecule is N#CC1=C(c2ccccc2)CC(c2ccc(F)cc2)c2c1nc(N)c(C#N)c2-c1ccccc1. The maximum absolute atomic E-state index is 13.8. The normalized spacial score (nSPS) is 14.7. The summed E-state index contributed by atoms with van der Waals surface area (Å²) in [5.41, 5.74) is 12.4. The monoisotopic (exact) mass is 442 g/mol. The van der Waals surface area contributed by atoms with Gasteiger partial charge in [0.05, 0.1) is 11.3 Å². The van der Waals surface area contributed by atoms with E-state index in [-0.39, 0.29) is 23.1 Å². The molecule has 1 unspecified atom stereocenters. The van der Waals surface area contributed by atoms with Gasteiger partial charge in [-0.25, -0.2) is 9.37 Å². The highest BCUT2D eigenvalue weighted by molar-refractivity contribution is 6.02. The Morgan fingerprint density at radius 2 is 1.44 bits per heavy atom. The summed E-state index contributed by atoms with van der Waals surface area (Å²) in [6.45, 7) is 0. The summed E-state index contributed by atoms with van der Waals surface area (Å²) in [5, 5.41) is 20.3. The Labute approximate surface area is 197 Å². The third kappa shape index (κ3) is 3.50. The summed E-state index contributed by atoms with van der Waals surface area (Å²) in [7, 11) is 0. The Hall–Kier alpha value is -4.74. The highest BCUT2D eigenvalue weighted by Crippen LogP contribution is 2.49. The molecule has 0 amide bonds. The number of nitrogens with zero attached hydrogens (tertiary/aromatic N) is 3. The fourth-order valence-electron chi connectivity index (χ4n) is 4.72. The van der Waals surface area contributed by atoms with Crippen LogP contribution in [0.1, 0.15) is 40.3 Å². The van der Waals surface area contributed by atoms with Crippen molar-refractivity contribution in [2.75, 3.05) is 5.73 Å². The molecule has 1 aliphatic carbocycles. The zero-order valence-corrected chi connectivity index (χ0v) is 18.2. The second-order valence-corrected chi connectivity index (χ2v) is 8.13. The Morgan fingerprint density at radius 1 is 0.824 bits per heavy atom. The van der Waals surface area contributed by atoms with Crippen LogP contribution >= 0.6 is 0 Å². The van der Waals surface area contributed by atoms with E-state index in [1.165, 1.54) is 12.1 Å². The van der Waals surface area contributed by atoms with E-state index >= 15 is 0 Å². The molecule has 0 saturated heterocycles. The van der Waals surface area contributed by atoms with Crippen molar-refractivity contribution in [2.24, 2.45) is 0 Å². The van der Waals surface area contributed by atoms with Crippen LogP contribution < -0.4 is 5.73 Å². The fourth-order valence-corrected chi connectivity index (χ4v) is 4.72. The molecule has 4 nitrogen and oxygen atoms in total. The number of fused-ring (bicyclic) bond motifs is 1. The fraction of sp³-hybridized carbons (Fsp3) is 0.0690. The molecular formula is C29H19FN4. The maximum atomic E-state index is 13.8. The molecule has 162 valence electrons. The summed E-state index contributed by atoms with van der Waals surface area (Å²) in [6.07, 6.45) is 0.502. The third-order valence-corrected chi connectivity index (χ3v) is 6.24. The Morgan fingerprint density at radius 3 is 2.03 bits per heavy atom. The second kappa shape index (κ2) is 8.65. The summed E-state index contributed by atoms with van der Waals surface area (Å²) in [4.78, 5) is 4.59. The Kier molecular flexibility index (Phi) is 5.38. The third-order valence-electron chi connectivity index (χ3n) is 6.24.